The number of hydrogen-bond acceptors (Lipinski definition) is 8. The number of carbonyl (C=O) groups is 6. The zero-order valence-corrected chi connectivity index (χ0v) is 14.5. The fraction of sp³-hybridized carbons (Fsp3) is 0.538. The highest BCUT2D eigenvalue weighted by Gasteiger charge is 2.25. The lowest BCUT2D eigenvalue weighted by Gasteiger charge is -2.17. The predicted molar refractivity (Wildman–Crippen MR) is 87.1 cm³/mol. The molecule has 0 heterocycles. The van der Waals surface area contributed by atoms with E-state index in [-0.39, 0.29) is 24.2 Å². The quantitative estimate of drug-likeness (QED) is 0.156. The fourth-order valence-corrected chi connectivity index (χ4v) is 1.99. The van der Waals surface area contributed by atoms with E-state index < -0.39 is 60.5 Å². The molecule has 2 atom stereocenters. The van der Waals surface area contributed by atoms with Crippen molar-refractivity contribution in [2.75, 3.05) is 12.3 Å². The molecular weight excluding hydrogens is 374 g/mol. The molecule has 0 unspecified atom stereocenters. The molecule has 0 saturated heterocycles. The second-order valence-electron chi connectivity index (χ2n) is 4.99. The summed E-state index contributed by atoms with van der Waals surface area (Å²) in [4.78, 5) is 67.1. The fourth-order valence-electron chi connectivity index (χ4n) is 1.60. The monoisotopic (exact) mass is 393 g/mol. The summed E-state index contributed by atoms with van der Waals surface area (Å²) in [5.41, 5.74) is 0. The number of aliphatic carboxylic acids is 2. The lowest BCUT2D eigenvalue weighted by Crippen LogP contribution is -2.50. The van der Waals surface area contributed by atoms with E-state index in [2.05, 4.69) is 5.32 Å². The Bertz CT molecular complexity index is 581. The Labute approximate surface area is 151 Å². The summed E-state index contributed by atoms with van der Waals surface area (Å²) in [5, 5.41) is 23.7. The largest absolute Gasteiger partial charge is 0.480 e. The first-order valence-corrected chi connectivity index (χ1v) is 8.12. The maximum atomic E-state index is 11.8. The van der Waals surface area contributed by atoms with Crippen molar-refractivity contribution in [1.82, 2.24) is 16.0 Å². The van der Waals surface area contributed by atoms with E-state index in [9.17, 15) is 28.8 Å². The van der Waals surface area contributed by atoms with Gasteiger partial charge < -0.3 is 30.7 Å². The molecule has 0 aliphatic carbocycles. The van der Waals surface area contributed by atoms with Crippen LogP contribution in [0.15, 0.2) is 0 Å². The molecule has 0 rings (SSSR count). The van der Waals surface area contributed by atoms with Gasteiger partial charge in [0, 0.05) is 19.1 Å². The number of amides is 3. The second kappa shape index (κ2) is 11.8. The number of carbonyl (C=O) groups excluding carboxylic acids is 4. The van der Waals surface area contributed by atoms with Gasteiger partial charge in [-0.05, 0) is 18.5 Å². The van der Waals surface area contributed by atoms with Gasteiger partial charge in [-0.3, -0.25) is 24.0 Å². The summed E-state index contributed by atoms with van der Waals surface area (Å²) in [6.45, 7) is 0.271. The molecule has 3 amide bonds. The standard InChI is InChI=1S/C13H19N3O9S/c1-6(17)11(21)16-7(13(23)24)2-3-9(18)15-8(5-26-25)12(22)14-4-10(19)20/h7-8,25H,2-5H2,1H3,(H,14,22)(H,15,18)(H,16,21)(H,19,20)(H,23,24)/t7-,8-/m0/s1. The Hall–Kier alpha value is -2.67. The van der Waals surface area contributed by atoms with Crippen molar-refractivity contribution in [1.29, 1.82) is 0 Å². The van der Waals surface area contributed by atoms with Crippen LogP contribution in [0.1, 0.15) is 19.8 Å². The molecule has 6 N–H and O–H groups in total. The number of nitrogens with one attached hydrogen (secondary N) is 3. The third-order valence-electron chi connectivity index (χ3n) is 2.89. The maximum Gasteiger partial charge on any atom is 0.326 e. The van der Waals surface area contributed by atoms with Crippen LogP contribution in [0, 0.1) is 0 Å². The smallest absolute Gasteiger partial charge is 0.326 e. The average molecular weight is 393 g/mol. The van der Waals surface area contributed by atoms with E-state index in [1.54, 1.807) is 0 Å². The first kappa shape index (κ1) is 23.3. The lowest BCUT2D eigenvalue weighted by atomic mass is 10.1. The summed E-state index contributed by atoms with van der Waals surface area (Å²) in [7, 11) is 0. The molecule has 0 spiro atoms. The summed E-state index contributed by atoms with van der Waals surface area (Å²) >= 11 is 0.244. The van der Waals surface area contributed by atoms with Crippen LogP contribution >= 0.6 is 12.0 Å². The average Bonchev–Trinajstić information content (AvgIpc) is 2.55. The van der Waals surface area contributed by atoms with E-state index in [0.717, 1.165) is 6.92 Å². The normalized spacial score (nSPS) is 12.4. The van der Waals surface area contributed by atoms with Gasteiger partial charge in [-0.1, -0.05) is 0 Å². The van der Waals surface area contributed by atoms with Crippen LogP contribution in [0.4, 0.5) is 0 Å². The van der Waals surface area contributed by atoms with Crippen molar-refractivity contribution in [3.8, 4) is 0 Å². The van der Waals surface area contributed by atoms with Gasteiger partial charge in [-0.2, -0.15) is 0 Å². The lowest BCUT2D eigenvalue weighted by molar-refractivity contribution is -0.144. The Morgan fingerprint density at radius 1 is 1.00 bits per heavy atom. The summed E-state index contributed by atoms with van der Waals surface area (Å²) in [6.07, 6.45) is -0.760. The molecule has 0 saturated carbocycles. The number of carboxylic acids is 2. The van der Waals surface area contributed by atoms with Crippen molar-refractivity contribution < 1.29 is 43.5 Å². The van der Waals surface area contributed by atoms with Crippen LogP contribution in [0.25, 0.3) is 0 Å². The van der Waals surface area contributed by atoms with Crippen LogP contribution in [-0.4, -0.2) is 74.6 Å². The first-order valence-electron chi connectivity index (χ1n) is 7.18. The highest BCUT2D eigenvalue weighted by molar-refractivity contribution is 7.93. The zero-order chi connectivity index (χ0) is 20.3. The molecular formula is C13H19N3O9S. The van der Waals surface area contributed by atoms with Crippen LogP contribution in [0.2, 0.25) is 0 Å². The van der Waals surface area contributed by atoms with Gasteiger partial charge in [0.05, 0.1) is 0 Å². The van der Waals surface area contributed by atoms with Crippen molar-refractivity contribution in [3.05, 3.63) is 0 Å². The Morgan fingerprint density at radius 3 is 2.08 bits per heavy atom. The second-order valence-corrected chi connectivity index (χ2v) is 5.58. The van der Waals surface area contributed by atoms with Crippen LogP contribution in [0.3, 0.4) is 0 Å². The third-order valence-corrected chi connectivity index (χ3v) is 3.37. The van der Waals surface area contributed by atoms with Gasteiger partial charge >= 0.3 is 11.9 Å². The minimum absolute atomic E-state index is 0.244. The molecule has 0 radical (unpaired) electrons. The number of rotatable bonds is 12. The molecule has 0 aromatic carbocycles. The highest BCUT2D eigenvalue weighted by atomic mass is 32.2. The van der Waals surface area contributed by atoms with E-state index >= 15 is 0 Å². The zero-order valence-electron chi connectivity index (χ0n) is 13.7. The van der Waals surface area contributed by atoms with E-state index in [1.807, 2.05) is 10.6 Å². The minimum Gasteiger partial charge on any atom is -0.480 e. The molecule has 0 aromatic heterocycles. The first-order chi connectivity index (χ1) is 12.1. The number of carboxylic acid groups (broad SMARTS) is 2. The third kappa shape index (κ3) is 9.58. The van der Waals surface area contributed by atoms with Gasteiger partial charge in [0.25, 0.3) is 5.91 Å². The van der Waals surface area contributed by atoms with Crippen molar-refractivity contribution >= 4 is 47.5 Å². The molecule has 0 aliphatic rings. The van der Waals surface area contributed by atoms with Crippen LogP contribution in [-0.2, 0) is 28.8 Å². The molecule has 13 heteroatoms. The van der Waals surface area contributed by atoms with Gasteiger partial charge in [0.1, 0.15) is 18.6 Å². The molecule has 0 bridgehead atoms. The number of hydrogen-bond donors (Lipinski definition) is 6. The molecule has 0 aliphatic heterocycles. The Morgan fingerprint density at radius 2 is 1.62 bits per heavy atom. The van der Waals surface area contributed by atoms with Gasteiger partial charge in [0.15, 0.2) is 0 Å². The van der Waals surface area contributed by atoms with Crippen LogP contribution in [0.5, 0.6) is 0 Å². The van der Waals surface area contributed by atoms with Gasteiger partial charge in [-0.15, -0.1) is 0 Å². The molecule has 26 heavy (non-hydrogen) atoms. The number of ketones is 1. The predicted octanol–water partition coefficient (Wildman–Crippen LogP) is -2.18. The minimum atomic E-state index is -1.48. The summed E-state index contributed by atoms with van der Waals surface area (Å²) < 4.78 is 8.83. The van der Waals surface area contributed by atoms with Gasteiger partial charge in [0.2, 0.25) is 17.6 Å². The van der Waals surface area contributed by atoms with Crippen molar-refractivity contribution in [2.24, 2.45) is 0 Å². The SMILES string of the molecule is CC(=O)C(=O)N[C@@H](CCC(=O)N[C@@H](CSO)C(=O)NCC(=O)O)C(=O)O. The summed E-state index contributed by atoms with van der Waals surface area (Å²) in [6, 6.07) is -2.73. The van der Waals surface area contributed by atoms with Crippen molar-refractivity contribution in [2.45, 2.75) is 31.8 Å². The molecule has 12 nitrogen and oxygen atoms in total. The topological polar surface area (TPSA) is 199 Å². The molecule has 0 fully saturated rings. The van der Waals surface area contributed by atoms with E-state index in [0.29, 0.717) is 0 Å². The number of Topliss-reactive ketones (excluding diaryl/α,β-unsaturated/α-hetero) is 1. The summed E-state index contributed by atoms with van der Waals surface area (Å²) in [5.74, 6) is -6.63. The maximum absolute atomic E-state index is 11.8. The van der Waals surface area contributed by atoms with Gasteiger partial charge in [-0.25, -0.2) is 4.79 Å². The van der Waals surface area contributed by atoms with Crippen LogP contribution < -0.4 is 16.0 Å². The van der Waals surface area contributed by atoms with E-state index in [1.165, 1.54) is 0 Å². The van der Waals surface area contributed by atoms with Crippen molar-refractivity contribution in [3.63, 3.8) is 0 Å². The Kier molecular flexibility index (Phi) is 10.6. The molecule has 0 aromatic rings. The van der Waals surface area contributed by atoms with E-state index in [4.69, 9.17) is 14.8 Å². The highest BCUT2D eigenvalue weighted by Crippen LogP contribution is 2.02. The molecule has 146 valence electrons. The Balaban J connectivity index is 4.67.